The zero-order valence-corrected chi connectivity index (χ0v) is 13.3. The molecular weight excluding hydrogens is 288 g/mol. The highest BCUT2D eigenvalue weighted by Gasteiger charge is 2.31. The van der Waals surface area contributed by atoms with Crippen molar-refractivity contribution in [2.75, 3.05) is 13.1 Å². The van der Waals surface area contributed by atoms with Gasteiger partial charge >= 0.3 is 12.0 Å². The van der Waals surface area contributed by atoms with E-state index in [0.29, 0.717) is 13.1 Å². The Morgan fingerprint density at radius 1 is 1.52 bits per heavy atom. The summed E-state index contributed by atoms with van der Waals surface area (Å²) in [4.78, 5) is 26.0. The minimum atomic E-state index is -0.849. The van der Waals surface area contributed by atoms with Crippen molar-refractivity contribution in [3.05, 3.63) is 22.4 Å². The molecule has 1 aromatic heterocycles. The van der Waals surface area contributed by atoms with Crippen LogP contribution >= 0.6 is 11.3 Å². The van der Waals surface area contributed by atoms with Crippen LogP contribution in [0.15, 0.2) is 17.5 Å². The predicted molar refractivity (Wildman–Crippen MR) is 82.7 cm³/mol. The van der Waals surface area contributed by atoms with Gasteiger partial charge in [-0.05, 0) is 24.3 Å². The maximum absolute atomic E-state index is 12.3. The minimum Gasteiger partial charge on any atom is -0.481 e. The number of aliphatic carboxylic acids is 1. The van der Waals surface area contributed by atoms with Gasteiger partial charge in [-0.15, -0.1) is 11.3 Å². The van der Waals surface area contributed by atoms with Gasteiger partial charge in [0.1, 0.15) is 0 Å². The van der Waals surface area contributed by atoms with E-state index in [2.05, 4.69) is 25.2 Å². The molecule has 0 radical (unpaired) electrons. The zero-order chi connectivity index (χ0) is 15.5. The van der Waals surface area contributed by atoms with Gasteiger partial charge in [-0.1, -0.05) is 19.9 Å². The summed E-state index contributed by atoms with van der Waals surface area (Å²) in [6, 6.07) is 3.75. The summed E-state index contributed by atoms with van der Waals surface area (Å²) in [7, 11) is 0. The quantitative estimate of drug-likeness (QED) is 0.878. The Morgan fingerprint density at radius 3 is 2.90 bits per heavy atom. The molecule has 1 fully saturated rings. The molecule has 0 saturated carbocycles. The van der Waals surface area contributed by atoms with Gasteiger partial charge in [-0.3, -0.25) is 4.79 Å². The summed E-state index contributed by atoms with van der Waals surface area (Å²) in [5.41, 5.74) is -0.119. The average Bonchev–Trinajstić information content (AvgIpc) is 3.06. The first-order chi connectivity index (χ1) is 9.90. The van der Waals surface area contributed by atoms with Crippen molar-refractivity contribution in [1.82, 2.24) is 10.2 Å². The number of urea groups is 1. The largest absolute Gasteiger partial charge is 0.481 e. The highest BCUT2D eigenvalue weighted by Crippen LogP contribution is 2.27. The molecule has 0 spiro atoms. The third kappa shape index (κ3) is 3.97. The maximum Gasteiger partial charge on any atom is 0.317 e. The number of rotatable bonds is 5. The van der Waals surface area contributed by atoms with Crippen molar-refractivity contribution < 1.29 is 14.7 Å². The van der Waals surface area contributed by atoms with Gasteiger partial charge in [0.25, 0.3) is 0 Å². The van der Waals surface area contributed by atoms with E-state index >= 15 is 0 Å². The molecule has 1 aliphatic heterocycles. The van der Waals surface area contributed by atoms with Crippen LogP contribution in [0.4, 0.5) is 4.79 Å². The van der Waals surface area contributed by atoms with Gasteiger partial charge in [0, 0.05) is 29.4 Å². The van der Waals surface area contributed by atoms with Crippen LogP contribution in [0.2, 0.25) is 0 Å². The van der Waals surface area contributed by atoms with Crippen molar-refractivity contribution in [3.63, 3.8) is 0 Å². The van der Waals surface area contributed by atoms with E-state index in [4.69, 9.17) is 5.11 Å². The fraction of sp³-hybridized carbons (Fsp3) is 0.600. The van der Waals surface area contributed by atoms with Crippen molar-refractivity contribution in [2.24, 2.45) is 0 Å². The number of hydrogen-bond donors (Lipinski definition) is 2. The van der Waals surface area contributed by atoms with Crippen LogP contribution < -0.4 is 5.32 Å². The molecule has 6 heteroatoms. The number of hydrogen-bond acceptors (Lipinski definition) is 3. The number of likely N-dealkylation sites (tertiary alicyclic amines) is 1. The lowest BCUT2D eigenvalue weighted by Crippen LogP contribution is -2.46. The summed E-state index contributed by atoms with van der Waals surface area (Å²) >= 11 is 1.68. The molecule has 2 amide bonds. The van der Waals surface area contributed by atoms with E-state index < -0.39 is 5.97 Å². The summed E-state index contributed by atoms with van der Waals surface area (Å²) in [6.07, 6.45) is 1.68. The van der Waals surface area contributed by atoms with Gasteiger partial charge in [0.2, 0.25) is 0 Å². The fourth-order valence-electron chi connectivity index (χ4n) is 2.67. The number of nitrogens with zero attached hydrogens (tertiary/aromatic N) is 1. The second-order valence-electron chi connectivity index (χ2n) is 6.11. The van der Waals surface area contributed by atoms with Crippen molar-refractivity contribution in [2.45, 2.75) is 44.6 Å². The van der Waals surface area contributed by atoms with E-state index in [0.717, 1.165) is 12.8 Å². The molecule has 1 atom stereocenters. The standard InChI is InChI=1S/C15H22N2O3S/c1-15(2,12-6-4-8-21-12)10-16-14(20)17-7-3-5-11(17)9-13(18)19/h4,6,8,11H,3,5,7,9-10H2,1-2H3,(H,16,20)(H,18,19). The molecule has 1 aliphatic rings. The Morgan fingerprint density at radius 2 is 2.29 bits per heavy atom. The lowest BCUT2D eigenvalue weighted by Gasteiger charge is -2.28. The molecule has 116 valence electrons. The van der Waals surface area contributed by atoms with Crippen LogP contribution in [0.3, 0.4) is 0 Å². The molecule has 1 aromatic rings. The number of carboxylic acids is 1. The van der Waals surface area contributed by atoms with E-state index in [1.165, 1.54) is 4.88 Å². The van der Waals surface area contributed by atoms with Crippen LogP contribution in [0, 0.1) is 0 Å². The molecule has 21 heavy (non-hydrogen) atoms. The van der Waals surface area contributed by atoms with E-state index in [9.17, 15) is 9.59 Å². The zero-order valence-electron chi connectivity index (χ0n) is 12.5. The minimum absolute atomic E-state index is 0.0295. The first kappa shape index (κ1) is 15.8. The van der Waals surface area contributed by atoms with Crippen LogP contribution in [-0.2, 0) is 10.2 Å². The molecule has 0 aliphatic carbocycles. The average molecular weight is 310 g/mol. The fourth-order valence-corrected chi connectivity index (χ4v) is 3.52. The van der Waals surface area contributed by atoms with Gasteiger partial charge in [-0.2, -0.15) is 0 Å². The summed E-state index contributed by atoms with van der Waals surface area (Å²) in [5.74, 6) is -0.849. The van der Waals surface area contributed by atoms with Crippen LogP contribution in [0.5, 0.6) is 0 Å². The third-order valence-corrected chi connectivity index (χ3v) is 5.15. The molecule has 0 bridgehead atoms. The summed E-state index contributed by atoms with van der Waals surface area (Å²) < 4.78 is 0. The highest BCUT2D eigenvalue weighted by molar-refractivity contribution is 7.10. The van der Waals surface area contributed by atoms with Gasteiger partial charge in [0.05, 0.1) is 6.42 Å². The van der Waals surface area contributed by atoms with Crippen molar-refractivity contribution in [3.8, 4) is 0 Å². The van der Waals surface area contributed by atoms with Crippen LogP contribution in [-0.4, -0.2) is 41.1 Å². The monoisotopic (exact) mass is 310 g/mol. The Kier molecular flexibility index (Phi) is 4.88. The van der Waals surface area contributed by atoms with Crippen LogP contribution in [0.1, 0.15) is 38.0 Å². The smallest absolute Gasteiger partial charge is 0.317 e. The van der Waals surface area contributed by atoms with E-state index in [1.54, 1.807) is 16.2 Å². The molecule has 1 saturated heterocycles. The Bertz CT molecular complexity index is 499. The third-order valence-electron chi connectivity index (χ3n) is 3.92. The molecule has 1 unspecified atom stereocenters. The molecule has 0 aromatic carbocycles. The molecular formula is C15H22N2O3S. The Labute approximate surface area is 129 Å². The molecule has 2 heterocycles. The number of carbonyl (C=O) groups excluding carboxylic acids is 1. The summed E-state index contributed by atoms with van der Waals surface area (Å²) in [5, 5.41) is 13.9. The van der Waals surface area contributed by atoms with E-state index in [1.807, 2.05) is 11.4 Å². The number of carboxylic acid groups (broad SMARTS) is 1. The second kappa shape index (κ2) is 6.47. The second-order valence-corrected chi connectivity index (χ2v) is 7.05. The van der Waals surface area contributed by atoms with Crippen molar-refractivity contribution >= 4 is 23.3 Å². The lowest BCUT2D eigenvalue weighted by molar-refractivity contribution is -0.137. The predicted octanol–water partition coefficient (Wildman–Crippen LogP) is 2.67. The first-order valence-electron chi connectivity index (χ1n) is 7.20. The van der Waals surface area contributed by atoms with E-state index in [-0.39, 0.29) is 23.9 Å². The Balaban J connectivity index is 1.91. The first-order valence-corrected chi connectivity index (χ1v) is 8.08. The number of amides is 2. The maximum atomic E-state index is 12.3. The van der Waals surface area contributed by atoms with Crippen LogP contribution in [0.25, 0.3) is 0 Å². The lowest BCUT2D eigenvalue weighted by atomic mass is 9.91. The highest BCUT2D eigenvalue weighted by atomic mass is 32.1. The molecule has 5 nitrogen and oxygen atoms in total. The Hall–Kier alpha value is -1.56. The topological polar surface area (TPSA) is 69.6 Å². The normalized spacial score (nSPS) is 18.8. The number of nitrogens with one attached hydrogen (secondary N) is 1. The molecule has 2 rings (SSSR count). The van der Waals surface area contributed by atoms with Gasteiger partial charge < -0.3 is 15.3 Å². The van der Waals surface area contributed by atoms with Crippen molar-refractivity contribution in [1.29, 1.82) is 0 Å². The molecule has 2 N–H and O–H groups in total. The van der Waals surface area contributed by atoms with Gasteiger partial charge in [-0.25, -0.2) is 4.79 Å². The number of carbonyl (C=O) groups is 2. The summed E-state index contributed by atoms with van der Waals surface area (Å²) in [6.45, 7) is 5.38. The number of thiophene rings is 1. The van der Waals surface area contributed by atoms with Gasteiger partial charge in [0.15, 0.2) is 0 Å². The SMILES string of the molecule is CC(C)(CNC(=O)N1CCCC1CC(=O)O)c1cccs1.